The number of halogens is 4. The van der Waals surface area contributed by atoms with Crippen LogP contribution in [0.3, 0.4) is 0 Å². The molecule has 8 heteroatoms. The second-order valence-electron chi connectivity index (χ2n) is 3.26. The van der Waals surface area contributed by atoms with Crippen LogP contribution >= 0.6 is 12.4 Å². The van der Waals surface area contributed by atoms with Crippen molar-refractivity contribution in [1.29, 1.82) is 0 Å². The summed E-state index contributed by atoms with van der Waals surface area (Å²) >= 11 is 0. The van der Waals surface area contributed by atoms with Crippen molar-refractivity contribution < 1.29 is 28.5 Å². The van der Waals surface area contributed by atoms with Gasteiger partial charge in [-0.2, -0.15) is 13.2 Å². The van der Waals surface area contributed by atoms with Crippen LogP contribution in [-0.2, 0) is 0 Å². The predicted molar refractivity (Wildman–Crippen MR) is 56.0 cm³/mol. The molecule has 2 atom stereocenters. The zero-order chi connectivity index (χ0) is 12.5. The van der Waals surface area contributed by atoms with Crippen molar-refractivity contribution in [3.05, 3.63) is 23.8 Å². The monoisotopic (exact) mass is 273 g/mol. The Kier molecular flexibility index (Phi) is 5.06. The molecule has 5 N–H and O–H groups in total. The Hall–Kier alpha value is -1.18. The van der Waals surface area contributed by atoms with Crippen LogP contribution in [0.15, 0.2) is 18.2 Å². The maximum Gasteiger partial charge on any atom is 0.416 e. The maximum atomic E-state index is 12.1. The lowest BCUT2D eigenvalue weighted by molar-refractivity contribution is -0.210. The van der Waals surface area contributed by atoms with Crippen molar-refractivity contribution in [1.82, 2.24) is 0 Å². The minimum atomic E-state index is -4.89. The van der Waals surface area contributed by atoms with E-state index in [0.717, 1.165) is 18.2 Å². The van der Waals surface area contributed by atoms with E-state index >= 15 is 0 Å². The average Bonchev–Trinajstić information content (AvgIpc) is 2.18. The molecule has 1 aromatic rings. The summed E-state index contributed by atoms with van der Waals surface area (Å²) in [7, 11) is 0. The highest BCUT2D eigenvalue weighted by Crippen LogP contribution is 2.34. The van der Waals surface area contributed by atoms with Gasteiger partial charge in [0.25, 0.3) is 0 Å². The predicted octanol–water partition coefficient (Wildman–Crippen LogP) is 1.44. The first-order valence-electron chi connectivity index (χ1n) is 4.25. The molecule has 0 aliphatic heterocycles. The van der Waals surface area contributed by atoms with Gasteiger partial charge < -0.3 is 21.1 Å². The van der Waals surface area contributed by atoms with E-state index in [1.54, 1.807) is 0 Å². The minimum absolute atomic E-state index is 0. The van der Waals surface area contributed by atoms with E-state index < -0.39 is 24.1 Å². The summed E-state index contributed by atoms with van der Waals surface area (Å²) in [5.41, 5.74) is 4.78. The van der Waals surface area contributed by atoms with Gasteiger partial charge in [-0.05, 0) is 18.2 Å². The topological polar surface area (TPSA) is 86.7 Å². The van der Waals surface area contributed by atoms with Crippen molar-refractivity contribution in [2.75, 3.05) is 0 Å². The number of phenolic OH excluding ortho intramolecular Hbond substituents is 2. The van der Waals surface area contributed by atoms with Crippen LogP contribution in [0.25, 0.3) is 0 Å². The smallest absolute Gasteiger partial charge is 0.416 e. The van der Waals surface area contributed by atoms with Gasteiger partial charge in [0, 0.05) is 5.56 Å². The first-order valence-corrected chi connectivity index (χ1v) is 4.25. The first-order chi connectivity index (χ1) is 7.23. The van der Waals surface area contributed by atoms with E-state index in [2.05, 4.69) is 0 Å². The van der Waals surface area contributed by atoms with E-state index in [-0.39, 0.29) is 23.7 Å². The molecule has 0 amide bonds. The van der Waals surface area contributed by atoms with Gasteiger partial charge in [-0.15, -0.1) is 12.4 Å². The van der Waals surface area contributed by atoms with E-state index in [0.29, 0.717) is 0 Å². The molecule has 0 aromatic heterocycles. The molecule has 0 spiro atoms. The zero-order valence-electron chi connectivity index (χ0n) is 8.35. The highest BCUT2D eigenvalue weighted by molar-refractivity contribution is 5.85. The van der Waals surface area contributed by atoms with Gasteiger partial charge >= 0.3 is 6.18 Å². The van der Waals surface area contributed by atoms with Crippen LogP contribution in [0.4, 0.5) is 13.2 Å². The molecular weight excluding hydrogens is 263 g/mol. The summed E-state index contributed by atoms with van der Waals surface area (Å²) in [4.78, 5) is 0. The number of aliphatic hydroxyl groups excluding tert-OH is 1. The summed E-state index contributed by atoms with van der Waals surface area (Å²) < 4.78 is 36.4. The van der Waals surface area contributed by atoms with Gasteiger partial charge in [-0.3, -0.25) is 0 Å². The van der Waals surface area contributed by atoms with Crippen molar-refractivity contribution in [3.63, 3.8) is 0 Å². The number of aromatic hydroxyl groups is 2. The second-order valence-corrected chi connectivity index (χ2v) is 3.26. The molecule has 17 heavy (non-hydrogen) atoms. The Morgan fingerprint density at radius 3 is 2.18 bits per heavy atom. The summed E-state index contributed by atoms with van der Waals surface area (Å²) in [6.07, 6.45) is -7.70. The number of aliphatic hydroxyl groups is 1. The van der Waals surface area contributed by atoms with Gasteiger partial charge in [0.15, 0.2) is 6.10 Å². The fraction of sp³-hybridized carbons (Fsp3) is 0.333. The second kappa shape index (κ2) is 5.44. The normalized spacial score (nSPS) is 14.9. The minimum Gasteiger partial charge on any atom is -0.508 e. The molecule has 0 bridgehead atoms. The number of benzene rings is 1. The molecule has 0 aliphatic rings. The third-order valence-corrected chi connectivity index (χ3v) is 2.05. The quantitative estimate of drug-likeness (QED) is 0.614. The summed E-state index contributed by atoms with van der Waals surface area (Å²) in [6, 6.07) is 1.10. The molecule has 0 heterocycles. The van der Waals surface area contributed by atoms with Gasteiger partial charge in [0.2, 0.25) is 0 Å². The molecule has 0 radical (unpaired) electrons. The fourth-order valence-corrected chi connectivity index (χ4v) is 1.18. The molecule has 0 unspecified atom stereocenters. The zero-order valence-corrected chi connectivity index (χ0v) is 9.16. The highest BCUT2D eigenvalue weighted by Gasteiger charge is 2.43. The first kappa shape index (κ1) is 15.8. The standard InChI is InChI=1S/C9H10F3NO3.ClH/c10-9(11,12)8(16)7(13)5-3-4(14)1-2-6(5)15;/h1-3,7-8,14-16H,13H2;1H/t7-,8-;/m0./s1. The molecule has 4 nitrogen and oxygen atoms in total. The summed E-state index contributed by atoms with van der Waals surface area (Å²) in [5.74, 6) is -0.869. The van der Waals surface area contributed by atoms with Crippen molar-refractivity contribution >= 4 is 12.4 Å². The number of rotatable bonds is 2. The highest BCUT2D eigenvalue weighted by atomic mass is 35.5. The van der Waals surface area contributed by atoms with Crippen molar-refractivity contribution in [2.24, 2.45) is 5.73 Å². The van der Waals surface area contributed by atoms with Crippen LogP contribution < -0.4 is 5.73 Å². The average molecular weight is 274 g/mol. The molecular formula is C9H11ClF3NO3. The fourth-order valence-electron chi connectivity index (χ4n) is 1.18. The number of phenols is 2. The van der Waals surface area contributed by atoms with Crippen LogP contribution in [-0.4, -0.2) is 27.6 Å². The van der Waals surface area contributed by atoms with Gasteiger partial charge in [-0.25, -0.2) is 0 Å². The lowest BCUT2D eigenvalue weighted by Crippen LogP contribution is -2.38. The van der Waals surface area contributed by atoms with Crippen LogP contribution in [0.2, 0.25) is 0 Å². The summed E-state index contributed by atoms with van der Waals surface area (Å²) in [6.45, 7) is 0. The van der Waals surface area contributed by atoms with E-state index in [1.807, 2.05) is 0 Å². The van der Waals surface area contributed by atoms with Crippen LogP contribution in [0, 0.1) is 0 Å². The Morgan fingerprint density at radius 1 is 1.18 bits per heavy atom. The maximum absolute atomic E-state index is 12.1. The van der Waals surface area contributed by atoms with Crippen molar-refractivity contribution in [2.45, 2.75) is 18.3 Å². The lowest BCUT2D eigenvalue weighted by atomic mass is 10.0. The van der Waals surface area contributed by atoms with Crippen LogP contribution in [0.1, 0.15) is 11.6 Å². The molecule has 0 saturated carbocycles. The Balaban J connectivity index is 0.00000256. The third kappa shape index (κ3) is 3.65. The van der Waals surface area contributed by atoms with Gasteiger partial charge in [0.1, 0.15) is 11.5 Å². The van der Waals surface area contributed by atoms with E-state index in [1.165, 1.54) is 0 Å². The van der Waals surface area contributed by atoms with E-state index in [4.69, 9.17) is 15.9 Å². The van der Waals surface area contributed by atoms with Gasteiger partial charge in [-0.1, -0.05) is 0 Å². The number of alkyl halides is 3. The third-order valence-electron chi connectivity index (χ3n) is 2.05. The molecule has 1 rings (SSSR count). The Labute approximate surface area is 101 Å². The molecule has 98 valence electrons. The molecule has 1 aromatic carbocycles. The Bertz CT molecular complexity index is 386. The van der Waals surface area contributed by atoms with Crippen molar-refractivity contribution in [3.8, 4) is 11.5 Å². The van der Waals surface area contributed by atoms with E-state index in [9.17, 15) is 18.3 Å². The largest absolute Gasteiger partial charge is 0.508 e. The Morgan fingerprint density at radius 2 is 1.71 bits per heavy atom. The number of hydrogen-bond donors (Lipinski definition) is 4. The molecule has 0 saturated heterocycles. The van der Waals surface area contributed by atoms with Gasteiger partial charge in [0.05, 0.1) is 6.04 Å². The summed E-state index contributed by atoms with van der Waals surface area (Å²) in [5, 5.41) is 27.2. The lowest BCUT2D eigenvalue weighted by Gasteiger charge is -2.22. The molecule has 0 aliphatic carbocycles. The SMILES string of the molecule is Cl.N[C@@H](c1cc(O)ccc1O)[C@H](O)C(F)(F)F. The number of hydrogen-bond acceptors (Lipinski definition) is 4. The number of nitrogens with two attached hydrogens (primary N) is 1. The van der Waals surface area contributed by atoms with Crippen LogP contribution in [0.5, 0.6) is 11.5 Å². The molecule has 0 fully saturated rings.